The Hall–Kier alpha value is -1.84. The summed E-state index contributed by atoms with van der Waals surface area (Å²) in [6.45, 7) is 3.18. The standard InChI is InChI=1S/C11H13N3O/c1-2-13-8-14(7-11(12)15)10-6-4-3-5-9(10)13/h3-6,8H,2,7H2,1H3,(H-,12,15)/p+1. The summed E-state index contributed by atoms with van der Waals surface area (Å²) in [5.74, 6) is -0.320. The number of aromatic nitrogens is 2. The summed E-state index contributed by atoms with van der Waals surface area (Å²) < 4.78 is 3.97. The van der Waals surface area contributed by atoms with Crippen LogP contribution in [0.5, 0.6) is 0 Å². The highest BCUT2D eigenvalue weighted by Gasteiger charge is 2.14. The smallest absolute Gasteiger partial charge is 0.259 e. The average Bonchev–Trinajstić information content (AvgIpc) is 2.56. The number of amides is 1. The van der Waals surface area contributed by atoms with Crippen LogP contribution in [0.25, 0.3) is 11.0 Å². The number of nitrogens with zero attached hydrogens (tertiary/aromatic N) is 2. The number of hydrogen-bond acceptors (Lipinski definition) is 1. The summed E-state index contributed by atoms with van der Waals surface area (Å²) >= 11 is 0. The minimum Gasteiger partial charge on any atom is -0.366 e. The van der Waals surface area contributed by atoms with Crippen molar-refractivity contribution in [1.82, 2.24) is 4.57 Å². The van der Waals surface area contributed by atoms with Gasteiger partial charge in [0.1, 0.15) is 0 Å². The van der Waals surface area contributed by atoms with Gasteiger partial charge < -0.3 is 5.73 Å². The molecule has 0 atom stereocenters. The lowest BCUT2D eigenvalue weighted by Crippen LogP contribution is -2.39. The zero-order chi connectivity index (χ0) is 10.8. The summed E-state index contributed by atoms with van der Waals surface area (Å²) in [4.78, 5) is 10.9. The fourth-order valence-corrected chi connectivity index (χ4v) is 1.79. The second-order valence-electron chi connectivity index (χ2n) is 3.48. The van der Waals surface area contributed by atoms with Gasteiger partial charge in [-0.05, 0) is 19.1 Å². The number of primary amides is 1. The van der Waals surface area contributed by atoms with E-state index in [1.807, 2.05) is 35.2 Å². The third-order valence-corrected chi connectivity index (χ3v) is 2.45. The number of para-hydroxylation sites is 2. The van der Waals surface area contributed by atoms with Crippen molar-refractivity contribution in [2.75, 3.05) is 0 Å². The summed E-state index contributed by atoms with van der Waals surface area (Å²) in [6, 6.07) is 7.98. The zero-order valence-electron chi connectivity index (χ0n) is 8.68. The summed E-state index contributed by atoms with van der Waals surface area (Å²) in [6.07, 6.45) is 1.93. The molecule has 0 radical (unpaired) electrons. The van der Waals surface area contributed by atoms with Gasteiger partial charge in [-0.3, -0.25) is 4.79 Å². The van der Waals surface area contributed by atoms with Crippen LogP contribution >= 0.6 is 0 Å². The average molecular weight is 204 g/mol. The number of rotatable bonds is 3. The lowest BCUT2D eigenvalue weighted by molar-refractivity contribution is -0.659. The molecule has 2 N–H and O–H groups in total. The van der Waals surface area contributed by atoms with Crippen molar-refractivity contribution in [2.45, 2.75) is 20.0 Å². The summed E-state index contributed by atoms with van der Waals surface area (Å²) in [5.41, 5.74) is 7.36. The van der Waals surface area contributed by atoms with Crippen LogP contribution in [0.15, 0.2) is 30.6 Å². The van der Waals surface area contributed by atoms with E-state index >= 15 is 0 Å². The molecule has 15 heavy (non-hydrogen) atoms. The van der Waals surface area contributed by atoms with E-state index in [-0.39, 0.29) is 12.5 Å². The van der Waals surface area contributed by atoms with E-state index in [4.69, 9.17) is 5.73 Å². The third-order valence-electron chi connectivity index (χ3n) is 2.45. The minimum atomic E-state index is -0.320. The van der Waals surface area contributed by atoms with E-state index < -0.39 is 0 Å². The van der Waals surface area contributed by atoms with Crippen LogP contribution in [-0.4, -0.2) is 10.5 Å². The highest BCUT2D eigenvalue weighted by molar-refractivity contribution is 5.75. The largest absolute Gasteiger partial charge is 0.366 e. The Morgan fingerprint density at radius 3 is 2.87 bits per heavy atom. The normalized spacial score (nSPS) is 10.7. The number of nitrogens with two attached hydrogens (primary N) is 1. The summed E-state index contributed by atoms with van der Waals surface area (Å²) in [7, 11) is 0. The molecule has 1 heterocycles. The predicted octanol–water partition coefficient (Wildman–Crippen LogP) is 0.434. The second-order valence-corrected chi connectivity index (χ2v) is 3.48. The molecule has 0 bridgehead atoms. The van der Waals surface area contributed by atoms with Gasteiger partial charge in [-0.15, -0.1) is 0 Å². The Labute approximate surface area is 87.9 Å². The van der Waals surface area contributed by atoms with Gasteiger partial charge in [0.05, 0.1) is 6.54 Å². The van der Waals surface area contributed by atoms with Crippen LogP contribution < -0.4 is 10.3 Å². The Morgan fingerprint density at radius 2 is 2.20 bits per heavy atom. The van der Waals surface area contributed by atoms with Crippen LogP contribution in [-0.2, 0) is 17.9 Å². The van der Waals surface area contributed by atoms with E-state index in [9.17, 15) is 4.79 Å². The van der Waals surface area contributed by atoms with Crippen molar-refractivity contribution in [2.24, 2.45) is 5.73 Å². The molecule has 4 heteroatoms. The molecular formula is C11H14N3O+. The number of hydrogen-bond donors (Lipinski definition) is 1. The van der Waals surface area contributed by atoms with Crippen molar-refractivity contribution in [3.05, 3.63) is 30.6 Å². The molecule has 0 aliphatic rings. The van der Waals surface area contributed by atoms with E-state index in [0.717, 1.165) is 17.6 Å². The number of benzene rings is 1. The second kappa shape index (κ2) is 3.73. The highest BCUT2D eigenvalue weighted by Crippen LogP contribution is 2.09. The lowest BCUT2D eigenvalue weighted by Gasteiger charge is -1.91. The number of fused-ring (bicyclic) bond motifs is 1. The number of carbonyl (C=O) groups is 1. The topological polar surface area (TPSA) is 51.9 Å². The van der Waals surface area contributed by atoms with Crippen LogP contribution in [0.2, 0.25) is 0 Å². The van der Waals surface area contributed by atoms with Crippen LogP contribution in [0, 0.1) is 0 Å². The summed E-state index contributed by atoms with van der Waals surface area (Å²) in [5, 5.41) is 0. The molecule has 0 saturated carbocycles. The molecule has 4 nitrogen and oxygen atoms in total. The molecular weight excluding hydrogens is 190 g/mol. The Kier molecular flexibility index (Phi) is 2.41. The Bertz CT molecular complexity index is 502. The molecule has 0 aliphatic heterocycles. The first-order valence-corrected chi connectivity index (χ1v) is 4.98. The molecule has 0 fully saturated rings. The molecule has 0 saturated heterocycles. The van der Waals surface area contributed by atoms with Gasteiger partial charge in [-0.1, -0.05) is 12.1 Å². The zero-order valence-corrected chi connectivity index (χ0v) is 8.68. The SMILES string of the molecule is CCn1c[n+](CC(N)=O)c2ccccc21. The number of carbonyl (C=O) groups excluding carboxylic acids is 1. The van der Waals surface area contributed by atoms with Crippen LogP contribution in [0.3, 0.4) is 0 Å². The van der Waals surface area contributed by atoms with Gasteiger partial charge >= 0.3 is 0 Å². The molecule has 0 aliphatic carbocycles. The fraction of sp³-hybridized carbons (Fsp3) is 0.273. The molecule has 1 aromatic carbocycles. The first-order chi connectivity index (χ1) is 7.22. The van der Waals surface area contributed by atoms with Gasteiger partial charge in [0.2, 0.25) is 6.33 Å². The van der Waals surface area contributed by atoms with Crippen molar-refractivity contribution in [3.63, 3.8) is 0 Å². The minimum absolute atomic E-state index is 0.230. The highest BCUT2D eigenvalue weighted by atomic mass is 16.1. The Balaban J connectivity index is 2.59. The van der Waals surface area contributed by atoms with E-state index in [2.05, 4.69) is 11.5 Å². The van der Waals surface area contributed by atoms with E-state index in [1.54, 1.807) is 0 Å². The van der Waals surface area contributed by atoms with Gasteiger partial charge in [-0.2, -0.15) is 0 Å². The van der Waals surface area contributed by atoms with Gasteiger partial charge in [0.25, 0.3) is 5.91 Å². The molecule has 0 unspecified atom stereocenters. The van der Waals surface area contributed by atoms with Crippen LogP contribution in [0.4, 0.5) is 0 Å². The van der Waals surface area contributed by atoms with E-state index in [0.29, 0.717) is 0 Å². The van der Waals surface area contributed by atoms with Crippen molar-refractivity contribution < 1.29 is 9.36 Å². The molecule has 2 aromatic rings. The van der Waals surface area contributed by atoms with Gasteiger partial charge in [-0.25, -0.2) is 9.13 Å². The first-order valence-electron chi connectivity index (χ1n) is 4.98. The van der Waals surface area contributed by atoms with Gasteiger partial charge in [0, 0.05) is 0 Å². The van der Waals surface area contributed by atoms with Crippen LogP contribution in [0.1, 0.15) is 6.92 Å². The maximum absolute atomic E-state index is 10.9. The van der Waals surface area contributed by atoms with Crippen molar-refractivity contribution in [1.29, 1.82) is 0 Å². The number of imidazole rings is 1. The third kappa shape index (κ3) is 1.70. The number of aryl methyl sites for hydroxylation is 1. The maximum Gasteiger partial charge on any atom is 0.259 e. The molecule has 78 valence electrons. The Morgan fingerprint density at radius 1 is 1.47 bits per heavy atom. The molecule has 2 rings (SSSR count). The quantitative estimate of drug-likeness (QED) is 0.724. The van der Waals surface area contributed by atoms with Gasteiger partial charge in [0.15, 0.2) is 17.6 Å². The molecule has 1 aromatic heterocycles. The lowest BCUT2D eigenvalue weighted by atomic mass is 10.3. The van der Waals surface area contributed by atoms with Crippen molar-refractivity contribution >= 4 is 16.9 Å². The predicted molar refractivity (Wildman–Crippen MR) is 57.0 cm³/mol. The molecule has 0 spiro atoms. The monoisotopic (exact) mass is 204 g/mol. The first kappa shape index (κ1) is 9.71. The molecule has 1 amide bonds. The van der Waals surface area contributed by atoms with E-state index in [1.165, 1.54) is 0 Å². The maximum atomic E-state index is 10.9. The van der Waals surface area contributed by atoms with Crippen molar-refractivity contribution in [3.8, 4) is 0 Å². The fourth-order valence-electron chi connectivity index (χ4n) is 1.79.